The van der Waals surface area contributed by atoms with Gasteiger partial charge in [-0.05, 0) is 38.0 Å². The highest BCUT2D eigenvalue weighted by Gasteiger charge is 2.13. The summed E-state index contributed by atoms with van der Waals surface area (Å²) in [7, 11) is 0. The number of aromatic nitrogens is 3. The Labute approximate surface area is 192 Å². The van der Waals surface area contributed by atoms with Crippen molar-refractivity contribution >= 4 is 56.2 Å². The van der Waals surface area contributed by atoms with Crippen molar-refractivity contribution in [3.05, 3.63) is 72.5 Å². The van der Waals surface area contributed by atoms with Crippen LogP contribution in [-0.2, 0) is 22.7 Å². The van der Waals surface area contributed by atoms with Gasteiger partial charge in [-0.3, -0.25) is 9.59 Å². The molecule has 0 aliphatic carbocycles. The number of carbonyl (C=O) groups excluding carboxylic acids is 1. The number of nitrogens with zero attached hydrogens (tertiary/aromatic N) is 2. The summed E-state index contributed by atoms with van der Waals surface area (Å²) in [4.78, 5) is 38.7. The number of anilines is 1. The second-order valence-corrected chi connectivity index (χ2v) is 10.4. The van der Waals surface area contributed by atoms with Gasteiger partial charge in [0.15, 0.2) is 0 Å². The maximum absolute atomic E-state index is 12.4. The van der Waals surface area contributed by atoms with Crippen molar-refractivity contribution in [3.8, 4) is 0 Å². The number of amides is 1. The molecule has 3 aromatic heterocycles. The van der Waals surface area contributed by atoms with Crippen LogP contribution in [-0.4, -0.2) is 20.9 Å². The molecule has 0 saturated heterocycles. The predicted octanol–water partition coefficient (Wildman–Crippen LogP) is 4.98. The molecule has 1 amide bonds. The molecule has 31 heavy (non-hydrogen) atoms. The molecule has 0 saturated carbocycles. The third kappa shape index (κ3) is 5.06. The van der Waals surface area contributed by atoms with Gasteiger partial charge in [0.2, 0.25) is 5.91 Å². The summed E-state index contributed by atoms with van der Waals surface area (Å²) in [6.45, 7) is 5.94. The number of aromatic amines is 1. The molecule has 160 valence electrons. The number of carbonyl (C=O) groups is 1. The summed E-state index contributed by atoms with van der Waals surface area (Å²) >= 11 is 4.69. The minimum atomic E-state index is -0.0712. The molecule has 0 atom stereocenters. The first kappa shape index (κ1) is 21.7. The number of fused-ring (bicyclic) bond motifs is 1. The van der Waals surface area contributed by atoms with Gasteiger partial charge in [-0.25, -0.2) is 9.97 Å². The normalized spacial score (nSPS) is 11.2. The molecule has 0 fully saturated rings. The summed E-state index contributed by atoms with van der Waals surface area (Å²) < 4.78 is 0. The minimum Gasteiger partial charge on any atom is -0.325 e. The van der Waals surface area contributed by atoms with E-state index >= 15 is 0 Å². The average Bonchev–Trinajstić information content (AvgIpc) is 3.27. The van der Waals surface area contributed by atoms with Crippen LogP contribution in [0.2, 0.25) is 0 Å². The van der Waals surface area contributed by atoms with Gasteiger partial charge in [-0.15, -0.1) is 34.4 Å². The molecule has 2 N–H and O–H groups in total. The van der Waals surface area contributed by atoms with Gasteiger partial charge in [0, 0.05) is 21.7 Å². The molecule has 0 aliphatic heterocycles. The predicted molar refractivity (Wildman–Crippen MR) is 130 cm³/mol. The van der Waals surface area contributed by atoms with E-state index in [9.17, 15) is 9.59 Å². The van der Waals surface area contributed by atoms with Crippen molar-refractivity contribution in [1.29, 1.82) is 0 Å². The minimum absolute atomic E-state index is 0.0699. The van der Waals surface area contributed by atoms with Crippen molar-refractivity contribution < 1.29 is 4.79 Å². The number of para-hydroxylation sites is 1. The number of aryl methyl sites for hydroxylation is 3. The first-order valence-electron chi connectivity index (χ1n) is 9.76. The standard InChI is InChI=1S/C22H22N4O2S3/c1-12-6-4-5-7-16(12)24-18(27)8-19-23-15(10-30-19)9-29-11-17-25-21(28)20-13(2)14(3)31-22(20)26-17/h4-7,10H,8-9,11H2,1-3H3,(H,24,27)(H,25,26,28). The number of thioether (sulfide) groups is 1. The van der Waals surface area contributed by atoms with Crippen LogP contribution in [0.4, 0.5) is 5.69 Å². The lowest BCUT2D eigenvalue weighted by Gasteiger charge is -2.06. The number of rotatable bonds is 7. The van der Waals surface area contributed by atoms with Gasteiger partial charge < -0.3 is 10.3 Å². The number of hydrogen-bond donors (Lipinski definition) is 2. The van der Waals surface area contributed by atoms with E-state index < -0.39 is 0 Å². The van der Waals surface area contributed by atoms with E-state index in [0.717, 1.165) is 37.2 Å². The van der Waals surface area contributed by atoms with Crippen LogP contribution in [0.15, 0.2) is 34.4 Å². The fourth-order valence-corrected chi connectivity index (χ4v) is 5.90. The van der Waals surface area contributed by atoms with E-state index in [1.807, 2.05) is 50.4 Å². The van der Waals surface area contributed by atoms with Crippen molar-refractivity contribution in [2.45, 2.75) is 38.7 Å². The van der Waals surface area contributed by atoms with Crippen molar-refractivity contribution in [3.63, 3.8) is 0 Å². The lowest BCUT2D eigenvalue weighted by atomic mass is 10.2. The molecule has 4 aromatic rings. The lowest BCUT2D eigenvalue weighted by molar-refractivity contribution is -0.115. The molecule has 9 heteroatoms. The number of thiophene rings is 1. The molecule has 0 unspecified atom stereocenters. The summed E-state index contributed by atoms with van der Waals surface area (Å²) in [5.74, 6) is 1.90. The number of hydrogen-bond acceptors (Lipinski definition) is 7. The van der Waals surface area contributed by atoms with Gasteiger partial charge in [-0.1, -0.05) is 18.2 Å². The highest BCUT2D eigenvalue weighted by molar-refractivity contribution is 7.97. The molecule has 3 heterocycles. The zero-order valence-corrected chi connectivity index (χ0v) is 19.9. The third-order valence-electron chi connectivity index (χ3n) is 4.91. The lowest BCUT2D eigenvalue weighted by Crippen LogP contribution is -2.15. The largest absolute Gasteiger partial charge is 0.325 e. The molecule has 0 radical (unpaired) electrons. The smallest absolute Gasteiger partial charge is 0.259 e. The monoisotopic (exact) mass is 470 g/mol. The highest BCUT2D eigenvalue weighted by atomic mass is 32.2. The summed E-state index contributed by atoms with van der Waals surface area (Å²) in [5.41, 5.74) is 3.73. The molecule has 0 bridgehead atoms. The fraction of sp³-hybridized carbons (Fsp3) is 0.273. The van der Waals surface area contributed by atoms with E-state index in [1.165, 1.54) is 11.3 Å². The number of H-pyrrole nitrogens is 1. The zero-order valence-electron chi connectivity index (χ0n) is 17.4. The van der Waals surface area contributed by atoms with Gasteiger partial charge in [0.25, 0.3) is 5.56 Å². The number of nitrogens with one attached hydrogen (secondary N) is 2. The Hall–Kier alpha value is -2.49. The second kappa shape index (κ2) is 9.33. The van der Waals surface area contributed by atoms with E-state index in [1.54, 1.807) is 23.1 Å². The first-order chi connectivity index (χ1) is 14.9. The summed E-state index contributed by atoms with van der Waals surface area (Å²) in [6, 6.07) is 7.71. The number of thiazole rings is 1. The topological polar surface area (TPSA) is 87.7 Å². The van der Waals surface area contributed by atoms with Crippen LogP contribution in [0.5, 0.6) is 0 Å². The Bertz CT molecular complexity index is 1310. The van der Waals surface area contributed by atoms with Crippen molar-refractivity contribution in [1.82, 2.24) is 15.0 Å². The maximum Gasteiger partial charge on any atom is 0.259 e. The fourth-order valence-electron chi connectivity index (χ4n) is 3.16. The first-order valence-corrected chi connectivity index (χ1v) is 12.6. The molecular formula is C22H22N4O2S3. The van der Waals surface area contributed by atoms with E-state index in [-0.39, 0.29) is 17.9 Å². The SMILES string of the molecule is Cc1ccccc1NC(=O)Cc1nc(CSCc2nc3sc(C)c(C)c3c(=O)[nH]2)cs1. The molecule has 0 spiro atoms. The van der Waals surface area contributed by atoms with E-state index in [4.69, 9.17) is 0 Å². The summed E-state index contributed by atoms with van der Waals surface area (Å²) in [5, 5.41) is 6.41. The van der Waals surface area contributed by atoms with Gasteiger partial charge >= 0.3 is 0 Å². The Morgan fingerprint density at radius 2 is 1.97 bits per heavy atom. The zero-order chi connectivity index (χ0) is 22.0. The number of benzene rings is 1. The van der Waals surface area contributed by atoms with Crippen LogP contribution in [0.25, 0.3) is 10.2 Å². The molecule has 0 aliphatic rings. The molecule has 4 rings (SSSR count). The Morgan fingerprint density at radius 1 is 1.16 bits per heavy atom. The average molecular weight is 471 g/mol. The van der Waals surface area contributed by atoms with Gasteiger partial charge in [-0.2, -0.15) is 0 Å². The third-order valence-corrected chi connectivity index (χ3v) is 7.88. The molecule has 1 aromatic carbocycles. The summed E-state index contributed by atoms with van der Waals surface area (Å²) in [6.07, 6.45) is 0.256. The van der Waals surface area contributed by atoms with Crippen LogP contribution in [0.1, 0.15) is 32.5 Å². The van der Waals surface area contributed by atoms with E-state index in [2.05, 4.69) is 20.3 Å². The van der Waals surface area contributed by atoms with E-state index in [0.29, 0.717) is 22.7 Å². The van der Waals surface area contributed by atoms with Crippen LogP contribution in [0, 0.1) is 20.8 Å². The van der Waals surface area contributed by atoms with Crippen LogP contribution >= 0.6 is 34.4 Å². The Balaban J connectivity index is 1.32. The highest BCUT2D eigenvalue weighted by Crippen LogP contribution is 2.26. The van der Waals surface area contributed by atoms with Crippen molar-refractivity contribution in [2.75, 3.05) is 5.32 Å². The van der Waals surface area contributed by atoms with Crippen LogP contribution in [0.3, 0.4) is 0 Å². The Morgan fingerprint density at radius 3 is 2.77 bits per heavy atom. The Kier molecular flexibility index (Phi) is 6.54. The molecule has 6 nitrogen and oxygen atoms in total. The van der Waals surface area contributed by atoms with Gasteiger partial charge in [0.05, 0.1) is 23.3 Å². The van der Waals surface area contributed by atoms with Crippen molar-refractivity contribution in [2.24, 2.45) is 0 Å². The molecular weight excluding hydrogens is 448 g/mol. The maximum atomic E-state index is 12.4. The quantitative estimate of drug-likeness (QED) is 0.398. The van der Waals surface area contributed by atoms with Gasteiger partial charge in [0.1, 0.15) is 15.7 Å². The van der Waals surface area contributed by atoms with Crippen LogP contribution < -0.4 is 10.9 Å². The second-order valence-electron chi connectivity index (χ2n) is 7.24.